The molecule has 5 nitrogen and oxygen atoms in total. The van der Waals surface area contributed by atoms with Crippen molar-refractivity contribution in [3.63, 3.8) is 0 Å². The van der Waals surface area contributed by atoms with E-state index in [9.17, 15) is 30.8 Å². The molecule has 3 rings (SSSR count). The van der Waals surface area contributed by atoms with Crippen LogP contribution in [0.5, 0.6) is 0 Å². The van der Waals surface area contributed by atoms with Gasteiger partial charge in [-0.15, -0.1) is 0 Å². The quantitative estimate of drug-likeness (QED) is 0.481. The Bertz CT molecular complexity index is 1090. The van der Waals surface area contributed by atoms with Crippen LogP contribution in [0.1, 0.15) is 30.0 Å². The normalized spacial score (nSPS) is 14.1. The van der Waals surface area contributed by atoms with Crippen LogP contribution in [0.3, 0.4) is 0 Å². The molecule has 1 amide bonds. The maximum absolute atomic E-state index is 14.0. The number of fused-ring (bicyclic) bond motifs is 1. The number of hydrogen-bond donors (Lipinski definition) is 1. The molecule has 30 heavy (non-hydrogen) atoms. The van der Waals surface area contributed by atoms with Crippen molar-refractivity contribution in [2.75, 3.05) is 16.2 Å². The van der Waals surface area contributed by atoms with Crippen LogP contribution >= 0.6 is 11.8 Å². The number of nitrogens with zero attached hydrogens (tertiary/aromatic N) is 1. The van der Waals surface area contributed by atoms with Gasteiger partial charge < -0.3 is 4.90 Å². The van der Waals surface area contributed by atoms with E-state index in [4.69, 9.17) is 0 Å². The molecule has 11 heteroatoms. The van der Waals surface area contributed by atoms with Gasteiger partial charge in [0.25, 0.3) is 5.24 Å². The summed E-state index contributed by atoms with van der Waals surface area (Å²) in [5, 5.41) is -0.105. The van der Waals surface area contributed by atoms with Crippen molar-refractivity contribution >= 4 is 38.4 Å². The highest BCUT2D eigenvalue weighted by Crippen LogP contribution is 2.35. The van der Waals surface area contributed by atoms with Crippen molar-refractivity contribution in [3.8, 4) is 0 Å². The number of carbonyl (C=O) groups is 1. The third kappa shape index (κ3) is 4.27. The summed E-state index contributed by atoms with van der Waals surface area (Å²) in [5.74, 6) is -7.71. The van der Waals surface area contributed by atoms with Gasteiger partial charge in [-0.2, -0.15) is 0 Å². The van der Waals surface area contributed by atoms with Crippen LogP contribution in [-0.2, 0) is 21.5 Å². The molecule has 2 aromatic rings. The van der Waals surface area contributed by atoms with Crippen LogP contribution in [0.25, 0.3) is 0 Å². The summed E-state index contributed by atoms with van der Waals surface area (Å²) in [6, 6.07) is 4.50. The number of thioether (sulfide) groups is 1. The zero-order valence-electron chi connectivity index (χ0n) is 16.1. The molecular weight excluding hydrogens is 444 g/mol. The summed E-state index contributed by atoms with van der Waals surface area (Å²) < 4.78 is 82.5. The smallest absolute Gasteiger partial charge is 0.286 e. The van der Waals surface area contributed by atoms with Gasteiger partial charge in [0.1, 0.15) is 5.75 Å². The Balaban J connectivity index is 1.88. The minimum atomic E-state index is -4.39. The second-order valence-corrected chi connectivity index (χ2v) is 9.42. The molecule has 1 aliphatic heterocycles. The molecule has 1 N–H and O–H groups in total. The van der Waals surface area contributed by atoms with Gasteiger partial charge in [-0.25, -0.2) is 26.0 Å². The van der Waals surface area contributed by atoms with Gasteiger partial charge in [0, 0.05) is 34.8 Å². The number of rotatable bonds is 6. The summed E-state index contributed by atoms with van der Waals surface area (Å²) in [6.45, 7) is 3.28. The van der Waals surface area contributed by atoms with Crippen molar-refractivity contribution in [3.05, 3.63) is 58.2 Å². The number of anilines is 2. The standard InChI is InChI=1S/C19H18F4N2O3S2/c1-3-6-25-14-5-4-12(7-11(14)8-29-19(25)26)24-30(27,28)9-13-17(22)15(20)10(2)16(21)18(13)23/h4-5,7,24H,3,6,8-9H2,1-2H3. The van der Waals surface area contributed by atoms with Crippen molar-refractivity contribution < 1.29 is 30.8 Å². The number of sulfonamides is 1. The third-order valence-electron chi connectivity index (χ3n) is 4.57. The Morgan fingerprint density at radius 2 is 1.73 bits per heavy atom. The van der Waals surface area contributed by atoms with Gasteiger partial charge in [-0.05, 0) is 37.1 Å². The van der Waals surface area contributed by atoms with Crippen LogP contribution in [0, 0.1) is 30.2 Å². The van der Waals surface area contributed by atoms with Crippen LogP contribution in [0.15, 0.2) is 18.2 Å². The number of carbonyl (C=O) groups excluding carboxylic acids is 1. The largest absolute Gasteiger partial charge is 0.303 e. The molecule has 1 heterocycles. The van der Waals surface area contributed by atoms with Crippen molar-refractivity contribution in [2.24, 2.45) is 0 Å². The fourth-order valence-corrected chi connectivity index (χ4v) is 5.15. The molecule has 0 radical (unpaired) electrons. The Kier molecular flexibility index (Phi) is 6.32. The highest BCUT2D eigenvalue weighted by Gasteiger charge is 2.28. The summed E-state index contributed by atoms with van der Waals surface area (Å²) in [6.07, 6.45) is 0.737. The molecule has 0 unspecified atom stereocenters. The van der Waals surface area contributed by atoms with Crippen LogP contribution in [0.2, 0.25) is 0 Å². The zero-order valence-corrected chi connectivity index (χ0v) is 17.7. The summed E-state index contributed by atoms with van der Waals surface area (Å²) in [4.78, 5) is 13.6. The molecule has 0 fully saturated rings. The molecule has 0 spiro atoms. The van der Waals surface area contributed by atoms with Gasteiger partial charge in [0.05, 0.1) is 0 Å². The second-order valence-electron chi connectivity index (χ2n) is 6.77. The molecule has 0 aromatic heterocycles. The van der Waals surface area contributed by atoms with E-state index in [1.54, 1.807) is 11.0 Å². The average Bonchev–Trinajstić information content (AvgIpc) is 2.70. The highest BCUT2D eigenvalue weighted by atomic mass is 32.2. The minimum absolute atomic E-state index is 0.105. The van der Waals surface area contributed by atoms with E-state index in [1.807, 2.05) is 6.92 Å². The molecule has 0 atom stereocenters. The Morgan fingerprint density at radius 3 is 2.33 bits per heavy atom. The number of nitrogens with one attached hydrogen (secondary N) is 1. The van der Waals surface area contributed by atoms with E-state index in [1.165, 1.54) is 12.1 Å². The Hall–Kier alpha value is -2.27. The molecule has 1 aliphatic rings. The van der Waals surface area contributed by atoms with Gasteiger partial charge >= 0.3 is 0 Å². The summed E-state index contributed by atoms with van der Waals surface area (Å²) in [7, 11) is -4.39. The van der Waals surface area contributed by atoms with Crippen LogP contribution in [-0.4, -0.2) is 20.2 Å². The number of amides is 1. The predicted molar refractivity (Wildman–Crippen MR) is 108 cm³/mol. The fourth-order valence-electron chi connectivity index (χ4n) is 3.10. The first kappa shape index (κ1) is 22.4. The van der Waals surface area contributed by atoms with Gasteiger partial charge in [0.2, 0.25) is 10.0 Å². The van der Waals surface area contributed by atoms with Crippen molar-refractivity contribution in [2.45, 2.75) is 31.8 Å². The SMILES string of the molecule is CCCN1C(=O)SCc2cc(NS(=O)(=O)Cc3c(F)c(F)c(C)c(F)c3F)ccc21. The minimum Gasteiger partial charge on any atom is -0.303 e. The topological polar surface area (TPSA) is 66.5 Å². The van der Waals surface area contributed by atoms with Crippen molar-refractivity contribution in [1.29, 1.82) is 0 Å². The van der Waals surface area contributed by atoms with E-state index < -0.39 is 50.2 Å². The highest BCUT2D eigenvalue weighted by molar-refractivity contribution is 8.13. The second kappa shape index (κ2) is 8.46. The van der Waals surface area contributed by atoms with E-state index in [0.29, 0.717) is 23.5 Å². The maximum Gasteiger partial charge on any atom is 0.286 e. The van der Waals surface area contributed by atoms with Crippen LogP contribution < -0.4 is 9.62 Å². The van der Waals surface area contributed by atoms with E-state index in [2.05, 4.69) is 4.72 Å². The summed E-state index contributed by atoms with van der Waals surface area (Å²) >= 11 is 1.07. The Morgan fingerprint density at radius 1 is 1.10 bits per heavy atom. The third-order valence-corrected chi connectivity index (χ3v) is 6.71. The zero-order chi connectivity index (χ0) is 22.2. The molecule has 0 aliphatic carbocycles. The van der Waals surface area contributed by atoms with E-state index in [-0.39, 0.29) is 10.9 Å². The molecule has 2 aromatic carbocycles. The summed E-state index contributed by atoms with van der Waals surface area (Å²) in [5.41, 5.74) is -0.607. The van der Waals surface area contributed by atoms with E-state index in [0.717, 1.165) is 25.1 Å². The number of benzene rings is 2. The van der Waals surface area contributed by atoms with Gasteiger partial charge in [0.15, 0.2) is 23.3 Å². The molecule has 0 saturated carbocycles. The first-order valence-electron chi connectivity index (χ1n) is 8.94. The first-order valence-corrected chi connectivity index (χ1v) is 11.6. The number of hydrogen-bond acceptors (Lipinski definition) is 4. The van der Waals surface area contributed by atoms with Crippen molar-refractivity contribution in [1.82, 2.24) is 0 Å². The van der Waals surface area contributed by atoms with Gasteiger partial charge in [-0.1, -0.05) is 18.7 Å². The average molecular weight is 462 g/mol. The molecular formula is C19H18F4N2O3S2. The first-order chi connectivity index (χ1) is 14.1. The Labute approximate surface area is 175 Å². The maximum atomic E-state index is 14.0. The lowest BCUT2D eigenvalue weighted by Crippen LogP contribution is -2.31. The van der Waals surface area contributed by atoms with E-state index >= 15 is 0 Å². The number of halogens is 4. The lowest BCUT2D eigenvalue weighted by Gasteiger charge is -2.28. The monoisotopic (exact) mass is 462 g/mol. The molecule has 162 valence electrons. The predicted octanol–water partition coefficient (Wildman–Crippen LogP) is 5.08. The lowest BCUT2D eigenvalue weighted by atomic mass is 10.1. The van der Waals surface area contributed by atoms with Crippen LogP contribution in [0.4, 0.5) is 33.7 Å². The fraction of sp³-hybridized carbons (Fsp3) is 0.316. The molecule has 0 saturated heterocycles. The lowest BCUT2D eigenvalue weighted by molar-refractivity contribution is 0.264. The molecule has 0 bridgehead atoms. The van der Waals surface area contributed by atoms with Gasteiger partial charge in [-0.3, -0.25) is 9.52 Å².